The van der Waals surface area contributed by atoms with E-state index in [4.69, 9.17) is 0 Å². The maximum Gasteiger partial charge on any atom is 0.133 e. The van der Waals surface area contributed by atoms with E-state index in [-0.39, 0.29) is 11.3 Å². The number of hydrogen-bond acceptors (Lipinski definition) is 3. The van der Waals surface area contributed by atoms with Gasteiger partial charge in [0.05, 0.1) is 5.71 Å². The Morgan fingerprint density at radius 2 is 1.73 bits per heavy atom. The number of fused-ring (bicyclic) bond motifs is 5. The Hall–Kier alpha value is -0.860. The molecule has 4 aliphatic rings. The third-order valence-electron chi connectivity index (χ3n) is 10.6. The van der Waals surface area contributed by atoms with E-state index in [1.165, 1.54) is 44.9 Å². The van der Waals surface area contributed by atoms with Gasteiger partial charge in [-0.15, -0.1) is 0 Å². The van der Waals surface area contributed by atoms with E-state index in [0.717, 1.165) is 48.6 Å². The number of hydrogen-bond donors (Lipinski definition) is 1. The van der Waals surface area contributed by atoms with Crippen molar-refractivity contribution in [3.63, 3.8) is 0 Å². The molecule has 0 bridgehead atoms. The van der Waals surface area contributed by atoms with Crippen LogP contribution in [0.3, 0.4) is 0 Å². The zero-order valence-corrected chi connectivity index (χ0v) is 20.1. The van der Waals surface area contributed by atoms with Gasteiger partial charge in [-0.1, -0.05) is 59.0 Å². The first-order valence-corrected chi connectivity index (χ1v) is 12.9. The van der Waals surface area contributed by atoms with Crippen LogP contribution in [0.5, 0.6) is 0 Å². The molecule has 1 N–H and O–H groups in total. The fourth-order valence-corrected chi connectivity index (χ4v) is 9.00. The summed E-state index contributed by atoms with van der Waals surface area (Å²) in [6.45, 7) is 12.2. The standard InChI is InChI=1S/C27H45NO2/c1-17(2)7-6-8-18(3)21-9-10-22-20-16-25(28-30)24-15-19(29)11-13-27(24,5)23(20)12-14-26(21,22)4/h17-18,20-24,30H,6-16H2,1-5H3/b28-25+/t18-,20+,21-,22+,23+,24-,26-,27-/m1/s1. The monoisotopic (exact) mass is 415 g/mol. The second-order valence-corrected chi connectivity index (χ2v) is 12.5. The third-order valence-corrected chi connectivity index (χ3v) is 10.6. The van der Waals surface area contributed by atoms with Gasteiger partial charge >= 0.3 is 0 Å². The molecule has 30 heavy (non-hydrogen) atoms. The maximum absolute atomic E-state index is 12.2. The molecule has 3 heteroatoms. The molecular formula is C27H45NO2. The SMILES string of the molecule is CC(C)CCC[C@@H](C)[C@H]1CC[C@H]2[C@@H]3C/C(=N\O)[C@H]4CC(=O)CC[C@]4(C)[C@H]3CC[C@]12C. The van der Waals surface area contributed by atoms with Gasteiger partial charge in [0.1, 0.15) is 5.78 Å². The van der Waals surface area contributed by atoms with Crippen LogP contribution in [0.1, 0.15) is 105 Å². The second kappa shape index (κ2) is 8.24. The summed E-state index contributed by atoms with van der Waals surface area (Å²) >= 11 is 0. The Kier molecular flexibility index (Phi) is 6.14. The van der Waals surface area contributed by atoms with Crippen molar-refractivity contribution in [3.8, 4) is 0 Å². The summed E-state index contributed by atoms with van der Waals surface area (Å²) in [6.07, 6.45) is 12.8. The predicted octanol–water partition coefficient (Wildman–Crippen LogP) is 7.12. The number of oxime groups is 1. The minimum absolute atomic E-state index is 0.153. The van der Waals surface area contributed by atoms with Gasteiger partial charge in [0.15, 0.2) is 0 Å². The Labute approximate surface area is 184 Å². The van der Waals surface area contributed by atoms with Gasteiger partial charge in [0, 0.05) is 18.8 Å². The van der Waals surface area contributed by atoms with Crippen LogP contribution < -0.4 is 0 Å². The summed E-state index contributed by atoms with van der Waals surface area (Å²) in [6, 6.07) is 0. The topological polar surface area (TPSA) is 49.7 Å². The summed E-state index contributed by atoms with van der Waals surface area (Å²) in [5.41, 5.74) is 1.55. The Bertz CT molecular complexity index is 684. The number of nitrogens with zero attached hydrogens (tertiary/aromatic N) is 1. The van der Waals surface area contributed by atoms with Crippen LogP contribution in [-0.4, -0.2) is 16.7 Å². The van der Waals surface area contributed by atoms with Crippen molar-refractivity contribution in [1.82, 2.24) is 0 Å². The molecular weight excluding hydrogens is 370 g/mol. The van der Waals surface area contributed by atoms with E-state index in [0.29, 0.717) is 29.5 Å². The van der Waals surface area contributed by atoms with E-state index >= 15 is 0 Å². The largest absolute Gasteiger partial charge is 0.411 e. The van der Waals surface area contributed by atoms with Gasteiger partial charge in [-0.3, -0.25) is 4.79 Å². The van der Waals surface area contributed by atoms with Gasteiger partial charge in [-0.2, -0.15) is 0 Å². The molecule has 0 aromatic heterocycles. The van der Waals surface area contributed by atoms with Crippen LogP contribution in [-0.2, 0) is 4.79 Å². The molecule has 8 atom stereocenters. The average Bonchev–Trinajstić information content (AvgIpc) is 3.05. The van der Waals surface area contributed by atoms with Crippen LogP contribution in [0.25, 0.3) is 0 Å². The lowest BCUT2D eigenvalue weighted by molar-refractivity contribution is -0.130. The van der Waals surface area contributed by atoms with E-state index < -0.39 is 0 Å². The quantitative estimate of drug-likeness (QED) is 0.384. The van der Waals surface area contributed by atoms with Crippen molar-refractivity contribution in [1.29, 1.82) is 0 Å². The highest BCUT2D eigenvalue weighted by Gasteiger charge is 2.62. The number of rotatable bonds is 5. The minimum Gasteiger partial charge on any atom is -0.411 e. The van der Waals surface area contributed by atoms with Gasteiger partial charge < -0.3 is 5.21 Å². The van der Waals surface area contributed by atoms with E-state index in [2.05, 4.69) is 39.8 Å². The van der Waals surface area contributed by atoms with E-state index in [1.807, 2.05) is 0 Å². The summed E-state index contributed by atoms with van der Waals surface area (Å²) in [4.78, 5) is 12.2. The van der Waals surface area contributed by atoms with E-state index in [1.54, 1.807) is 0 Å². The highest BCUT2D eigenvalue weighted by Crippen LogP contribution is 2.67. The second-order valence-electron chi connectivity index (χ2n) is 12.5. The maximum atomic E-state index is 12.2. The highest BCUT2D eigenvalue weighted by atomic mass is 16.4. The van der Waals surface area contributed by atoms with Crippen LogP contribution in [0.4, 0.5) is 0 Å². The smallest absolute Gasteiger partial charge is 0.133 e. The fraction of sp³-hybridized carbons (Fsp3) is 0.926. The molecule has 0 amide bonds. The molecule has 0 saturated heterocycles. The lowest BCUT2D eigenvalue weighted by atomic mass is 9.44. The van der Waals surface area contributed by atoms with Crippen molar-refractivity contribution < 1.29 is 10.0 Å². The first kappa shape index (κ1) is 22.3. The molecule has 3 nitrogen and oxygen atoms in total. The minimum atomic E-state index is 0.153. The molecule has 4 rings (SSSR count). The summed E-state index contributed by atoms with van der Waals surface area (Å²) in [5.74, 6) is 5.15. The van der Waals surface area contributed by atoms with Crippen molar-refractivity contribution >= 4 is 11.5 Å². The van der Waals surface area contributed by atoms with Crippen LogP contribution in [0, 0.1) is 52.3 Å². The zero-order chi connectivity index (χ0) is 21.7. The Morgan fingerprint density at radius 1 is 1.00 bits per heavy atom. The molecule has 0 heterocycles. The summed E-state index contributed by atoms with van der Waals surface area (Å²) in [7, 11) is 0. The van der Waals surface area contributed by atoms with Crippen molar-refractivity contribution in [3.05, 3.63) is 0 Å². The summed E-state index contributed by atoms with van der Waals surface area (Å²) < 4.78 is 0. The van der Waals surface area contributed by atoms with Crippen LogP contribution in [0.15, 0.2) is 5.16 Å². The summed E-state index contributed by atoms with van der Waals surface area (Å²) in [5, 5.41) is 13.7. The lowest BCUT2D eigenvalue weighted by Crippen LogP contribution is -2.56. The first-order chi connectivity index (χ1) is 14.2. The van der Waals surface area contributed by atoms with Crippen LogP contribution in [0.2, 0.25) is 0 Å². The highest BCUT2D eigenvalue weighted by molar-refractivity contribution is 5.93. The molecule has 170 valence electrons. The molecule has 0 radical (unpaired) electrons. The number of ketones is 1. The normalized spacial score (nSPS) is 45.9. The van der Waals surface area contributed by atoms with Crippen molar-refractivity contribution in [2.75, 3.05) is 0 Å². The van der Waals surface area contributed by atoms with Crippen molar-refractivity contribution in [2.45, 2.75) is 105 Å². The van der Waals surface area contributed by atoms with E-state index in [9.17, 15) is 10.0 Å². The van der Waals surface area contributed by atoms with Gasteiger partial charge in [0.25, 0.3) is 0 Å². The zero-order valence-electron chi connectivity index (χ0n) is 20.1. The third kappa shape index (κ3) is 3.56. The molecule has 0 aromatic carbocycles. The first-order valence-electron chi connectivity index (χ1n) is 12.9. The molecule has 0 unspecified atom stereocenters. The average molecular weight is 416 g/mol. The Balaban J connectivity index is 1.54. The number of Topliss-reactive ketones (excluding diaryl/α,β-unsaturated/α-hetero) is 1. The molecule has 0 spiro atoms. The van der Waals surface area contributed by atoms with Gasteiger partial charge in [-0.05, 0) is 84.9 Å². The van der Waals surface area contributed by atoms with Crippen LogP contribution >= 0.6 is 0 Å². The lowest BCUT2D eigenvalue weighted by Gasteiger charge is -2.60. The molecule has 4 saturated carbocycles. The number of carbonyl (C=O) groups excluding carboxylic acids is 1. The fourth-order valence-electron chi connectivity index (χ4n) is 9.00. The Morgan fingerprint density at radius 3 is 2.43 bits per heavy atom. The molecule has 4 fully saturated rings. The molecule has 0 aliphatic heterocycles. The van der Waals surface area contributed by atoms with Gasteiger partial charge in [0.2, 0.25) is 0 Å². The molecule has 4 aliphatic carbocycles. The van der Waals surface area contributed by atoms with Gasteiger partial charge in [-0.25, -0.2) is 0 Å². The molecule has 0 aromatic rings. The predicted molar refractivity (Wildman–Crippen MR) is 123 cm³/mol. The van der Waals surface area contributed by atoms with Crippen molar-refractivity contribution in [2.24, 2.45) is 57.4 Å². The number of carbonyl (C=O) groups is 1.